The highest BCUT2D eigenvalue weighted by molar-refractivity contribution is 7.07. The summed E-state index contributed by atoms with van der Waals surface area (Å²) in [7, 11) is 0. The van der Waals surface area contributed by atoms with Gasteiger partial charge in [0, 0.05) is 37.1 Å². The molecule has 0 radical (unpaired) electrons. The van der Waals surface area contributed by atoms with Gasteiger partial charge in [-0.2, -0.15) is 0 Å². The van der Waals surface area contributed by atoms with E-state index in [1.54, 1.807) is 11.3 Å². The molecule has 0 aromatic carbocycles. The lowest BCUT2D eigenvalue weighted by molar-refractivity contribution is 0.137. The number of rotatable bonds is 2. The maximum Gasteiger partial charge on any atom is 0.0795 e. The van der Waals surface area contributed by atoms with Crippen molar-refractivity contribution in [1.82, 2.24) is 15.2 Å². The number of nitrogens with zero attached hydrogens (tertiary/aromatic N) is 2. The fourth-order valence-electron chi connectivity index (χ4n) is 1.84. The molecule has 1 aromatic heterocycles. The highest BCUT2D eigenvalue weighted by atomic mass is 32.1. The van der Waals surface area contributed by atoms with Gasteiger partial charge in [0.15, 0.2) is 0 Å². The first-order valence-electron chi connectivity index (χ1n) is 5.10. The van der Waals surface area contributed by atoms with E-state index in [1.807, 2.05) is 5.51 Å². The Morgan fingerprint density at radius 1 is 1.64 bits per heavy atom. The van der Waals surface area contributed by atoms with Crippen molar-refractivity contribution in [2.45, 2.75) is 32.5 Å². The third-order valence-corrected chi connectivity index (χ3v) is 3.38. The van der Waals surface area contributed by atoms with Crippen molar-refractivity contribution in [2.24, 2.45) is 0 Å². The molecule has 0 aliphatic carbocycles. The zero-order chi connectivity index (χ0) is 9.97. The van der Waals surface area contributed by atoms with Gasteiger partial charge in [-0.1, -0.05) is 0 Å². The second kappa shape index (κ2) is 4.38. The third kappa shape index (κ3) is 2.32. The van der Waals surface area contributed by atoms with Gasteiger partial charge in [-0.25, -0.2) is 4.98 Å². The maximum absolute atomic E-state index is 4.33. The van der Waals surface area contributed by atoms with Crippen LogP contribution in [0.25, 0.3) is 0 Å². The van der Waals surface area contributed by atoms with Crippen LogP contribution in [-0.4, -0.2) is 35.1 Å². The number of thiazole rings is 1. The molecule has 0 bridgehead atoms. The highest BCUT2D eigenvalue weighted by Gasteiger charge is 2.22. The lowest BCUT2D eigenvalue weighted by atomic mass is 10.1. The number of hydrogen-bond donors (Lipinski definition) is 1. The van der Waals surface area contributed by atoms with Crippen molar-refractivity contribution in [3.8, 4) is 0 Å². The smallest absolute Gasteiger partial charge is 0.0795 e. The van der Waals surface area contributed by atoms with Gasteiger partial charge in [-0.05, 0) is 13.8 Å². The van der Waals surface area contributed by atoms with Crippen LogP contribution >= 0.6 is 11.3 Å². The quantitative estimate of drug-likeness (QED) is 0.800. The van der Waals surface area contributed by atoms with Gasteiger partial charge in [0.1, 0.15) is 0 Å². The molecule has 2 heterocycles. The monoisotopic (exact) mass is 211 g/mol. The Labute approximate surface area is 89.1 Å². The second-order valence-corrected chi connectivity index (χ2v) is 4.79. The van der Waals surface area contributed by atoms with E-state index in [2.05, 4.69) is 34.4 Å². The number of aromatic nitrogens is 1. The number of hydrogen-bond acceptors (Lipinski definition) is 4. The topological polar surface area (TPSA) is 28.2 Å². The summed E-state index contributed by atoms with van der Waals surface area (Å²) in [5, 5.41) is 5.62. The Bertz CT molecular complexity index is 273. The average Bonchev–Trinajstić information content (AvgIpc) is 2.64. The van der Waals surface area contributed by atoms with Gasteiger partial charge < -0.3 is 5.32 Å². The van der Waals surface area contributed by atoms with Crippen LogP contribution in [0.1, 0.15) is 19.5 Å². The van der Waals surface area contributed by atoms with E-state index >= 15 is 0 Å². The van der Waals surface area contributed by atoms with E-state index in [0.29, 0.717) is 12.1 Å². The molecule has 1 fully saturated rings. The molecule has 2 rings (SSSR count). The maximum atomic E-state index is 4.33. The van der Waals surface area contributed by atoms with Gasteiger partial charge >= 0.3 is 0 Å². The van der Waals surface area contributed by atoms with Gasteiger partial charge in [0.2, 0.25) is 0 Å². The molecule has 14 heavy (non-hydrogen) atoms. The largest absolute Gasteiger partial charge is 0.311 e. The Morgan fingerprint density at radius 2 is 2.50 bits per heavy atom. The molecule has 4 heteroatoms. The normalized spacial score (nSPS) is 29.3. The Hall–Kier alpha value is -0.450. The summed E-state index contributed by atoms with van der Waals surface area (Å²) < 4.78 is 0. The van der Waals surface area contributed by atoms with Crippen molar-refractivity contribution in [3.63, 3.8) is 0 Å². The molecule has 2 atom stereocenters. The lowest BCUT2D eigenvalue weighted by Crippen LogP contribution is -2.53. The Kier molecular flexibility index (Phi) is 3.15. The SMILES string of the molecule is CC1CN(Cc2cscn2)C(C)CN1. The summed E-state index contributed by atoms with van der Waals surface area (Å²) >= 11 is 1.68. The molecule has 1 aromatic rings. The second-order valence-electron chi connectivity index (χ2n) is 4.07. The molecule has 0 amide bonds. The van der Waals surface area contributed by atoms with Crippen LogP contribution in [0, 0.1) is 0 Å². The summed E-state index contributed by atoms with van der Waals surface area (Å²) in [5.74, 6) is 0. The predicted octanol–water partition coefficient (Wildman–Crippen LogP) is 1.33. The van der Waals surface area contributed by atoms with Crippen molar-refractivity contribution in [3.05, 3.63) is 16.6 Å². The molecular formula is C10H17N3S. The summed E-state index contributed by atoms with van der Waals surface area (Å²) in [6, 6.07) is 1.22. The van der Waals surface area contributed by atoms with Gasteiger partial charge in [0.25, 0.3) is 0 Å². The molecule has 2 unspecified atom stereocenters. The third-order valence-electron chi connectivity index (χ3n) is 2.74. The van der Waals surface area contributed by atoms with Crippen LogP contribution in [-0.2, 0) is 6.54 Å². The number of piperazine rings is 1. The van der Waals surface area contributed by atoms with Crippen LogP contribution < -0.4 is 5.32 Å². The van der Waals surface area contributed by atoms with Crippen LogP contribution in [0.5, 0.6) is 0 Å². The van der Waals surface area contributed by atoms with E-state index in [4.69, 9.17) is 0 Å². The lowest BCUT2D eigenvalue weighted by Gasteiger charge is -2.37. The minimum Gasteiger partial charge on any atom is -0.311 e. The number of nitrogens with one attached hydrogen (secondary N) is 1. The Morgan fingerprint density at radius 3 is 3.21 bits per heavy atom. The molecular weight excluding hydrogens is 194 g/mol. The molecule has 78 valence electrons. The molecule has 0 spiro atoms. The van der Waals surface area contributed by atoms with E-state index in [-0.39, 0.29) is 0 Å². The fourth-order valence-corrected chi connectivity index (χ4v) is 2.39. The first kappa shape index (κ1) is 10.1. The van der Waals surface area contributed by atoms with E-state index < -0.39 is 0 Å². The highest BCUT2D eigenvalue weighted by Crippen LogP contribution is 2.12. The van der Waals surface area contributed by atoms with Crippen molar-refractivity contribution >= 4 is 11.3 Å². The zero-order valence-corrected chi connectivity index (χ0v) is 9.55. The molecule has 1 aliphatic heterocycles. The van der Waals surface area contributed by atoms with Crippen LogP contribution in [0.4, 0.5) is 0 Å². The predicted molar refractivity (Wildman–Crippen MR) is 59.5 cm³/mol. The van der Waals surface area contributed by atoms with Crippen LogP contribution in [0.2, 0.25) is 0 Å². The summed E-state index contributed by atoms with van der Waals surface area (Å²) in [6.45, 7) is 7.71. The average molecular weight is 211 g/mol. The molecule has 3 nitrogen and oxygen atoms in total. The molecule has 1 saturated heterocycles. The summed E-state index contributed by atoms with van der Waals surface area (Å²) in [5.41, 5.74) is 3.11. The van der Waals surface area contributed by atoms with Crippen molar-refractivity contribution in [2.75, 3.05) is 13.1 Å². The van der Waals surface area contributed by atoms with Crippen LogP contribution in [0.3, 0.4) is 0 Å². The molecule has 0 saturated carbocycles. The van der Waals surface area contributed by atoms with E-state index in [9.17, 15) is 0 Å². The summed E-state index contributed by atoms with van der Waals surface area (Å²) in [6.07, 6.45) is 0. The standard InChI is InChI=1S/C10H17N3S/c1-8-4-13(9(2)3-11-8)5-10-6-14-7-12-10/h6-9,11H,3-5H2,1-2H3. The summed E-state index contributed by atoms with van der Waals surface area (Å²) in [4.78, 5) is 6.82. The first-order chi connectivity index (χ1) is 6.75. The first-order valence-corrected chi connectivity index (χ1v) is 6.04. The molecule has 1 aliphatic rings. The van der Waals surface area contributed by atoms with Gasteiger partial charge in [-0.15, -0.1) is 11.3 Å². The minimum atomic E-state index is 0.602. The van der Waals surface area contributed by atoms with Crippen molar-refractivity contribution in [1.29, 1.82) is 0 Å². The van der Waals surface area contributed by atoms with Crippen LogP contribution in [0.15, 0.2) is 10.9 Å². The molecule has 1 N–H and O–H groups in total. The van der Waals surface area contributed by atoms with E-state index in [0.717, 1.165) is 19.6 Å². The Balaban J connectivity index is 1.95. The van der Waals surface area contributed by atoms with E-state index in [1.165, 1.54) is 5.69 Å². The van der Waals surface area contributed by atoms with Gasteiger partial charge in [-0.3, -0.25) is 4.90 Å². The van der Waals surface area contributed by atoms with Gasteiger partial charge in [0.05, 0.1) is 11.2 Å². The minimum absolute atomic E-state index is 0.602. The van der Waals surface area contributed by atoms with Crippen molar-refractivity contribution < 1.29 is 0 Å². The zero-order valence-electron chi connectivity index (χ0n) is 8.73. The fraction of sp³-hybridized carbons (Fsp3) is 0.700.